The van der Waals surface area contributed by atoms with Gasteiger partial charge in [0.05, 0.1) is 12.3 Å². The number of nitrogens with zero attached hydrogens (tertiary/aromatic N) is 2. The van der Waals surface area contributed by atoms with E-state index < -0.39 is 17.4 Å². The molecule has 2 heterocycles. The molecule has 0 spiro atoms. The number of carbonyl (C=O) groups excluding carboxylic acids is 1. The first-order valence-corrected chi connectivity index (χ1v) is 9.09. The van der Waals surface area contributed by atoms with Crippen LogP contribution in [-0.2, 0) is 17.5 Å². The summed E-state index contributed by atoms with van der Waals surface area (Å²) in [5, 5.41) is 1.65. The topological polar surface area (TPSA) is 66.1 Å². The zero-order valence-electron chi connectivity index (χ0n) is 12.2. The molecule has 0 aliphatic rings. The fourth-order valence-electron chi connectivity index (χ4n) is 1.65. The van der Waals surface area contributed by atoms with Crippen LogP contribution < -0.4 is 5.56 Å². The van der Waals surface area contributed by atoms with E-state index in [0.717, 1.165) is 21.1 Å². The standard InChI is InChI=1S/C13H11BrF3N3O2S2/c1-20(4-8-2-7(14)5-23-8)11(22)6-24-12-18-9(13(15,16)17)3-10(21)19-12/h2-3,5H,4,6H2,1H3,(H,18,19,21). The Labute approximate surface area is 151 Å². The second-order valence-electron chi connectivity index (χ2n) is 4.70. The summed E-state index contributed by atoms with van der Waals surface area (Å²) in [5.41, 5.74) is -2.19. The zero-order valence-corrected chi connectivity index (χ0v) is 15.4. The second kappa shape index (κ2) is 7.70. The molecule has 0 aliphatic carbocycles. The summed E-state index contributed by atoms with van der Waals surface area (Å²) >= 11 is 5.56. The quantitative estimate of drug-likeness (QED) is 0.570. The lowest BCUT2D eigenvalue weighted by molar-refractivity contribution is -0.141. The van der Waals surface area contributed by atoms with E-state index in [1.165, 1.54) is 16.2 Å². The van der Waals surface area contributed by atoms with Gasteiger partial charge in [-0.2, -0.15) is 13.2 Å². The summed E-state index contributed by atoms with van der Waals surface area (Å²) in [7, 11) is 1.60. The number of amides is 1. The lowest BCUT2D eigenvalue weighted by Crippen LogP contribution is -2.27. The van der Waals surface area contributed by atoms with Crippen molar-refractivity contribution in [2.75, 3.05) is 12.8 Å². The van der Waals surface area contributed by atoms with E-state index in [9.17, 15) is 22.8 Å². The Morgan fingerprint density at radius 2 is 2.17 bits per heavy atom. The molecule has 0 saturated carbocycles. The number of aromatic amines is 1. The Kier molecular flexibility index (Phi) is 6.10. The van der Waals surface area contributed by atoms with Gasteiger partial charge in [0.1, 0.15) is 0 Å². The normalized spacial score (nSPS) is 11.5. The molecule has 5 nitrogen and oxygen atoms in total. The van der Waals surface area contributed by atoms with Gasteiger partial charge in [-0.25, -0.2) is 4.98 Å². The largest absolute Gasteiger partial charge is 0.433 e. The zero-order chi connectivity index (χ0) is 17.9. The minimum absolute atomic E-state index is 0.132. The highest BCUT2D eigenvalue weighted by Crippen LogP contribution is 2.27. The van der Waals surface area contributed by atoms with Crippen molar-refractivity contribution in [3.8, 4) is 0 Å². The summed E-state index contributed by atoms with van der Waals surface area (Å²) in [5.74, 6) is -0.419. The van der Waals surface area contributed by atoms with Gasteiger partial charge >= 0.3 is 6.18 Å². The van der Waals surface area contributed by atoms with Crippen molar-refractivity contribution in [2.45, 2.75) is 17.9 Å². The fraction of sp³-hybridized carbons (Fsp3) is 0.308. The number of nitrogens with one attached hydrogen (secondary N) is 1. The lowest BCUT2D eigenvalue weighted by Gasteiger charge is -2.15. The minimum Gasteiger partial charge on any atom is -0.340 e. The number of aromatic nitrogens is 2. The van der Waals surface area contributed by atoms with Gasteiger partial charge in [-0.05, 0) is 22.0 Å². The number of alkyl halides is 3. The number of carbonyl (C=O) groups is 1. The first kappa shape index (κ1) is 19.0. The molecule has 0 atom stereocenters. The fourth-order valence-corrected chi connectivity index (χ4v) is 3.97. The van der Waals surface area contributed by atoms with Crippen LogP contribution in [0.25, 0.3) is 0 Å². The highest BCUT2D eigenvalue weighted by Gasteiger charge is 2.33. The van der Waals surface area contributed by atoms with Crippen LogP contribution in [0.3, 0.4) is 0 Å². The van der Waals surface area contributed by atoms with Crippen LogP contribution in [-0.4, -0.2) is 33.6 Å². The van der Waals surface area contributed by atoms with E-state index in [0.29, 0.717) is 12.6 Å². The third-order valence-electron chi connectivity index (χ3n) is 2.78. The molecule has 11 heteroatoms. The van der Waals surface area contributed by atoms with Gasteiger partial charge in [0, 0.05) is 27.8 Å². The van der Waals surface area contributed by atoms with Crippen molar-refractivity contribution in [2.24, 2.45) is 0 Å². The molecule has 0 bridgehead atoms. The molecule has 2 aromatic rings. The van der Waals surface area contributed by atoms with Crippen molar-refractivity contribution in [3.05, 3.63) is 42.9 Å². The molecule has 1 amide bonds. The molecule has 1 N–H and O–H groups in total. The summed E-state index contributed by atoms with van der Waals surface area (Å²) in [6.45, 7) is 0.391. The first-order valence-electron chi connectivity index (χ1n) is 6.43. The molecule has 0 unspecified atom stereocenters. The molecule has 2 aromatic heterocycles. The Bertz CT molecular complexity index is 791. The van der Waals surface area contributed by atoms with Crippen LogP contribution in [0, 0.1) is 0 Å². The number of thioether (sulfide) groups is 1. The molecule has 0 fully saturated rings. The lowest BCUT2D eigenvalue weighted by atomic mass is 10.4. The number of rotatable bonds is 5. The second-order valence-corrected chi connectivity index (χ2v) is 7.58. The predicted octanol–water partition coefficient (Wildman–Crippen LogP) is 3.36. The molecule has 0 aliphatic heterocycles. The first-order chi connectivity index (χ1) is 11.1. The van der Waals surface area contributed by atoms with E-state index in [1.54, 1.807) is 7.05 Å². The van der Waals surface area contributed by atoms with Crippen LogP contribution >= 0.6 is 39.0 Å². The highest BCUT2D eigenvalue weighted by molar-refractivity contribution is 9.10. The smallest absolute Gasteiger partial charge is 0.340 e. The Balaban J connectivity index is 1.98. The average Bonchev–Trinajstić information content (AvgIpc) is 2.88. The van der Waals surface area contributed by atoms with Crippen molar-refractivity contribution >= 4 is 44.9 Å². The average molecular weight is 442 g/mol. The van der Waals surface area contributed by atoms with Gasteiger partial charge in [-0.3, -0.25) is 9.59 Å². The van der Waals surface area contributed by atoms with Crippen LogP contribution in [0.5, 0.6) is 0 Å². The molecular weight excluding hydrogens is 431 g/mol. The molecule has 0 radical (unpaired) electrons. The summed E-state index contributed by atoms with van der Waals surface area (Å²) < 4.78 is 38.8. The summed E-state index contributed by atoms with van der Waals surface area (Å²) in [4.78, 5) is 31.3. The van der Waals surface area contributed by atoms with Crippen LogP contribution in [0.2, 0.25) is 0 Å². The number of hydrogen-bond acceptors (Lipinski definition) is 5. The Morgan fingerprint density at radius 3 is 2.75 bits per heavy atom. The Morgan fingerprint density at radius 1 is 1.46 bits per heavy atom. The van der Waals surface area contributed by atoms with Gasteiger partial charge in [0.15, 0.2) is 10.9 Å². The van der Waals surface area contributed by atoms with Crippen molar-refractivity contribution in [3.63, 3.8) is 0 Å². The van der Waals surface area contributed by atoms with E-state index in [2.05, 4.69) is 25.9 Å². The van der Waals surface area contributed by atoms with E-state index in [1.807, 2.05) is 11.4 Å². The van der Waals surface area contributed by atoms with Gasteiger partial charge < -0.3 is 9.88 Å². The molecule has 24 heavy (non-hydrogen) atoms. The monoisotopic (exact) mass is 441 g/mol. The molecule has 130 valence electrons. The SMILES string of the molecule is CN(Cc1cc(Br)cs1)C(=O)CSc1nc(C(F)(F)F)cc(=O)[nH]1. The highest BCUT2D eigenvalue weighted by atomic mass is 79.9. The predicted molar refractivity (Wildman–Crippen MR) is 89.1 cm³/mol. The molecular formula is C13H11BrF3N3O2S2. The van der Waals surface area contributed by atoms with Gasteiger partial charge in [0.25, 0.3) is 5.56 Å². The van der Waals surface area contributed by atoms with Crippen LogP contribution in [0.1, 0.15) is 10.6 Å². The van der Waals surface area contributed by atoms with Crippen molar-refractivity contribution in [1.29, 1.82) is 0 Å². The number of thiophene rings is 1. The summed E-state index contributed by atoms with van der Waals surface area (Å²) in [6.07, 6.45) is -4.71. The number of halogens is 4. The maximum absolute atomic E-state index is 12.6. The molecule has 0 saturated heterocycles. The number of H-pyrrole nitrogens is 1. The third-order valence-corrected chi connectivity index (χ3v) is 5.32. The number of hydrogen-bond donors (Lipinski definition) is 1. The minimum atomic E-state index is -4.71. The molecule has 0 aromatic carbocycles. The van der Waals surface area contributed by atoms with Crippen LogP contribution in [0.4, 0.5) is 13.2 Å². The van der Waals surface area contributed by atoms with Gasteiger partial charge in [-0.1, -0.05) is 11.8 Å². The van der Waals surface area contributed by atoms with Gasteiger partial charge in [0.2, 0.25) is 5.91 Å². The van der Waals surface area contributed by atoms with E-state index >= 15 is 0 Å². The van der Waals surface area contributed by atoms with Gasteiger partial charge in [-0.15, -0.1) is 11.3 Å². The Hall–Kier alpha value is -1.33. The molecule has 2 rings (SSSR count). The summed E-state index contributed by atoms with van der Waals surface area (Å²) in [6, 6.07) is 2.26. The van der Waals surface area contributed by atoms with E-state index in [-0.39, 0.29) is 16.8 Å². The van der Waals surface area contributed by atoms with Crippen molar-refractivity contribution in [1.82, 2.24) is 14.9 Å². The third kappa shape index (κ3) is 5.35. The van der Waals surface area contributed by atoms with E-state index in [4.69, 9.17) is 0 Å². The van der Waals surface area contributed by atoms with Crippen LogP contribution in [0.15, 0.2) is 31.9 Å². The maximum Gasteiger partial charge on any atom is 0.433 e. The maximum atomic E-state index is 12.6. The van der Waals surface area contributed by atoms with Crippen molar-refractivity contribution < 1.29 is 18.0 Å².